The minimum Gasteiger partial charge on any atom is -0.477 e. The summed E-state index contributed by atoms with van der Waals surface area (Å²) < 4.78 is 27.5. The first kappa shape index (κ1) is 11.3. The van der Waals surface area contributed by atoms with E-state index in [9.17, 15) is 18.4 Å². The molecule has 88 valence electrons. The van der Waals surface area contributed by atoms with Crippen molar-refractivity contribution in [3.05, 3.63) is 45.8 Å². The first-order valence-electron chi connectivity index (χ1n) is 4.64. The molecule has 2 aromatic rings. The van der Waals surface area contributed by atoms with Crippen LogP contribution in [-0.4, -0.2) is 15.6 Å². The zero-order valence-electron chi connectivity index (χ0n) is 8.70. The second-order valence-electron chi connectivity index (χ2n) is 3.54. The highest BCUT2D eigenvalue weighted by Crippen LogP contribution is 2.17. The third-order valence-corrected chi connectivity index (χ3v) is 2.48. The molecule has 0 aliphatic rings. The van der Waals surface area contributed by atoms with Gasteiger partial charge in [0.25, 0.3) is 0 Å². The fraction of sp³-hybridized carbons (Fsp3) is 0.0909. The fourth-order valence-corrected chi connectivity index (χ4v) is 1.72. The summed E-state index contributed by atoms with van der Waals surface area (Å²) in [6.07, 6.45) is 0. The van der Waals surface area contributed by atoms with Gasteiger partial charge in [0, 0.05) is 19.2 Å². The first-order valence-corrected chi connectivity index (χ1v) is 4.64. The lowest BCUT2D eigenvalue weighted by atomic mass is 10.1. The van der Waals surface area contributed by atoms with Gasteiger partial charge < -0.3 is 9.67 Å². The van der Waals surface area contributed by atoms with Crippen molar-refractivity contribution >= 4 is 16.9 Å². The number of nitrogens with zero attached hydrogens (tertiary/aromatic N) is 1. The van der Waals surface area contributed by atoms with E-state index in [2.05, 4.69) is 0 Å². The summed E-state index contributed by atoms with van der Waals surface area (Å²) >= 11 is 0. The van der Waals surface area contributed by atoms with E-state index >= 15 is 0 Å². The third-order valence-electron chi connectivity index (χ3n) is 2.48. The highest BCUT2D eigenvalue weighted by molar-refractivity contribution is 5.90. The maximum atomic E-state index is 13.5. The molecule has 0 radical (unpaired) electrons. The van der Waals surface area contributed by atoms with Gasteiger partial charge in [0.2, 0.25) is 0 Å². The van der Waals surface area contributed by atoms with Crippen molar-refractivity contribution in [3.63, 3.8) is 0 Å². The van der Waals surface area contributed by atoms with Crippen LogP contribution in [-0.2, 0) is 7.05 Å². The summed E-state index contributed by atoms with van der Waals surface area (Å²) in [5, 5.41) is 8.65. The number of fused-ring (bicyclic) bond motifs is 1. The maximum Gasteiger partial charge on any atom is 0.352 e. The molecule has 4 nitrogen and oxygen atoms in total. The molecule has 1 aromatic heterocycles. The molecular formula is C11H7F2NO3. The predicted molar refractivity (Wildman–Crippen MR) is 56.1 cm³/mol. The number of carboxylic acid groups (broad SMARTS) is 1. The summed E-state index contributed by atoms with van der Waals surface area (Å²) in [5.74, 6) is -3.20. The van der Waals surface area contributed by atoms with Crippen LogP contribution in [0.2, 0.25) is 0 Å². The van der Waals surface area contributed by atoms with Crippen LogP contribution in [0, 0.1) is 11.6 Å². The smallest absolute Gasteiger partial charge is 0.352 e. The number of benzene rings is 1. The van der Waals surface area contributed by atoms with Gasteiger partial charge in [0.05, 0.1) is 10.9 Å². The molecule has 0 bridgehead atoms. The third kappa shape index (κ3) is 1.67. The average molecular weight is 239 g/mol. The molecule has 0 saturated heterocycles. The van der Waals surface area contributed by atoms with Gasteiger partial charge in [-0.2, -0.15) is 0 Å². The normalized spacial score (nSPS) is 10.8. The topological polar surface area (TPSA) is 59.3 Å². The Kier molecular flexibility index (Phi) is 2.42. The molecule has 6 heteroatoms. The van der Waals surface area contributed by atoms with Crippen LogP contribution >= 0.6 is 0 Å². The Morgan fingerprint density at radius 3 is 2.53 bits per heavy atom. The highest BCUT2D eigenvalue weighted by Gasteiger charge is 2.15. The Bertz CT molecular complexity index is 691. The summed E-state index contributed by atoms with van der Waals surface area (Å²) in [4.78, 5) is 22.4. The molecule has 1 aromatic carbocycles. The van der Waals surface area contributed by atoms with Crippen LogP contribution < -0.4 is 5.43 Å². The quantitative estimate of drug-likeness (QED) is 0.820. The molecule has 0 atom stereocenters. The largest absolute Gasteiger partial charge is 0.477 e. The molecule has 0 spiro atoms. The summed E-state index contributed by atoms with van der Waals surface area (Å²) in [6.45, 7) is 0. The number of aromatic carboxylic acids is 1. The van der Waals surface area contributed by atoms with Crippen molar-refractivity contribution in [2.45, 2.75) is 0 Å². The molecule has 0 unspecified atom stereocenters. The molecule has 2 rings (SSSR count). The number of hydrogen-bond donors (Lipinski definition) is 1. The van der Waals surface area contributed by atoms with E-state index in [0.29, 0.717) is 6.07 Å². The van der Waals surface area contributed by atoms with Crippen LogP contribution in [0.15, 0.2) is 23.0 Å². The highest BCUT2D eigenvalue weighted by atomic mass is 19.1. The number of rotatable bonds is 1. The van der Waals surface area contributed by atoms with Gasteiger partial charge >= 0.3 is 5.97 Å². The van der Waals surface area contributed by atoms with Crippen molar-refractivity contribution in [2.75, 3.05) is 0 Å². The SMILES string of the molecule is Cn1c(C(=O)O)cc(=O)c2cc(F)cc(F)c21. The van der Waals surface area contributed by atoms with Gasteiger partial charge in [0.15, 0.2) is 11.2 Å². The Morgan fingerprint density at radius 2 is 1.94 bits per heavy atom. The first-order chi connectivity index (χ1) is 7.91. The number of aryl methyl sites for hydroxylation is 1. The minimum atomic E-state index is -1.35. The van der Waals surface area contributed by atoms with Gasteiger partial charge in [-0.15, -0.1) is 0 Å². The van der Waals surface area contributed by atoms with Gasteiger partial charge in [-0.1, -0.05) is 0 Å². The molecule has 17 heavy (non-hydrogen) atoms. The van der Waals surface area contributed by atoms with E-state index in [1.165, 1.54) is 7.05 Å². The number of carbonyl (C=O) groups is 1. The van der Waals surface area contributed by atoms with Crippen LogP contribution in [0.5, 0.6) is 0 Å². The van der Waals surface area contributed by atoms with Crippen LogP contribution in [0.4, 0.5) is 8.78 Å². The molecular weight excluding hydrogens is 232 g/mol. The molecule has 1 heterocycles. The Labute approximate surface area is 93.7 Å². The van der Waals surface area contributed by atoms with Crippen molar-refractivity contribution in [1.82, 2.24) is 4.57 Å². The van der Waals surface area contributed by atoms with Crippen molar-refractivity contribution < 1.29 is 18.7 Å². The zero-order chi connectivity index (χ0) is 12.7. The summed E-state index contributed by atoms with van der Waals surface area (Å²) in [6, 6.07) is 2.32. The lowest BCUT2D eigenvalue weighted by Crippen LogP contribution is -2.16. The lowest BCUT2D eigenvalue weighted by molar-refractivity contribution is 0.0686. The van der Waals surface area contributed by atoms with Gasteiger partial charge in [-0.05, 0) is 6.07 Å². The minimum absolute atomic E-state index is 0.185. The van der Waals surface area contributed by atoms with E-state index in [1.54, 1.807) is 0 Å². The molecule has 0 saturated carbocycles. The van der Waals surface area contributed by atoms with E-state index < -0.39 is 23.0 Å². The van der Waals surface area contributed by atoms with Gasteiger partial charge in [-0.25, -0.2) is 13.6 Å². The van der Waals surface area contributed by atoms with E-state index in [0.717, 1.165) is 16.7 Å². The zero-order valence-corrected chi connectivity index (χ0v) is 8.70. The van der Waals surface area contributed by atoms with E-state index in [-0.39, 0.29) is 16.6 Å². The summed E-state index contributed by atoms with van der Waals surface area (Å²) in [7, 11) is 1.30. The maximum absolute atomic E-state index is 13.5. The van der Waals surface area contributed by atoms with Crippen molar-refractivity contribution in [1.29, 1.82) is 0 Å². The van der Waals surface area contributed by atoms with E-state index in [1.807, 2.05) is 0 Å². The van der Waals surface area contributed by atoms with Crippen molar-refractivity contribution in [2.24, 2.45) is 7.05 Å². The molecule has 0 aliphatic carbocycles. The second-order valence-corrected chi connectivity index (χ2v) is 3.54. The summed E-state index contributed by atoms with van der Waals surface area (Å²) in [5.41, 5.74) is -1.31. The molecule has 0 fully saturated rings. The number of aromatic nitrogens is 1. The average Bonchev–Trinajstić information content (AvgIpc) is 2.21. The Morgan fingerprint density at radius 1 is 1.29 bits per heavy atom. The standard InChI is InChI=1S/C11H7F2NO3/c1-14-8(11(16)17)4-9(15)6-2-5(12)3-7(13)10(6)14/h2-4H,1H3,(H,16,17). The van der Waals surface area contributed by atoms with E-state index in [4.69, 9.17) is 5.11 Å². The predicted octanol–water partition coefficient (Wildman–Crippen LogP) is 1.51. The number of pyridine rings is 1. The Hall–Kier alpha value is -2.24. The molecule has 0 amide bonds. The van der Waals surface area contributed by atoms with Gasteiger partial charge in [0.1, 0.15) is 11.5 Å². The number of carboxylic acids is 1. The monoisotopic (exact) mass is 239 g/mol. The number of hydrogen-bond acceptors (Lipinski definition) is 2. The van der Waals surface area contributed by atoms with Crippen LogP contribution in [0.25, 0.3) is 10.9 Å². The Balaban J connectivity index is 3.04. The van der Waals surface area contributed by atoms with Gasteiger partial charge in [-0.3, -0.25) is 4.79 Å². The van der Waals surface area contributed by atoms with Crippen LogP contribution in [0.3, 0.4) is 0 Å². The fourth-order valence-electron chi connectivity index (χ4n) is 1.72. The number of halogens is 2. The second kappa shape index (κ2) is 3.65. The van der Waals surface area contributed by atoms with Crippen molar-refractivity contribution in [3.8, 4) is 0 Å². The van der Waals surface area contributed by atoms with Crippen LogP contribution in [0.1, 0.15) is 10.5 Å². The molecule has 0 aliphatic heterocycles. The molecule has 1 N–H and O–H groups in total. The lowest BCUT2D eigenvalue weighted by Gasteiger charge is -2.09.